The van der Waals surface area contributed by atoms with Crippen LogP contribution in [0.25, 0.3) is 0 Å². The minimum absolute atomic E-state index is 0.210. The molecule has 0 aromatic heterocycles. The van der Waals surface area contributed by atoms with E-state index in [-0.39, 0.29) is 24.0 Å². The van der Waals surface area contributed by atoms with Crippen LogP contribution in [0.1, 0.15) is 206 Å². The van der Waals surface area contributed by atoms with Crippen LogP contribution in [0.2, 0.25) is 0 Å². The molecular weight excluding hydrogens is 574 g/mol. The lowest BCUT2D eigenvalue weighted by Crippen LogP contribution is -2.33. The topological polar surface area (TPSA) is 44.5 Å². The monoisotopic (exact) mass is 654 g/mol. The highest BCUT2D eigenvalue weighted by Gasteiger charge is 2.47. The molecule has 0 aromatic carbocycles. The normalized spacial score (nSPS) is 21.6. The van der Waals surface area contributed by atoms with Gasteiger partial charge in [-0.05, 0) is 103 Å². The first-order valence-electron chi connectivity index (χ1n) is 20.9. The summed E-state index contributed by atoms with van der Waals surface area (Å²) in [6, 6.07) is 0.271. The Morgan fingerprint density at radius 1 is 0.489 bits per heavy atom. The molecule has 3 heteroatoms. The van der Waals surface area contributed by atoms with E-state index >= 15 is 0 Å². The van der Waals surface area contributed by atoms with Crippen molar-refractivity contribution >= 4 is 0 Å². The Balaban J connectivity index is 1.56. The number of allylic oxidation sites excluding steroid dienone is 8. The molecule has 2 fully saturated rings. The third-order valence-electron chi connectivity index (χ3n) is 10.3. The first-order valence-corrected chi connectivity index (χ1v) is 20.9. The molecule has 0 bridgehead atoms. The van der Waals surface area contributed by atoms with Crippen LogP contribution >= 0.6 is 0 Å². The van der Waals surface area contributed by atoms with Crippen molar-refractivity contribution in [1.82, 2.24) is 0 Å². The first kappa shape index (κ1) is 42.0. The van der Waals surface area contributed by atoms with E-state index in [0.717, 1.165) is 44.9 Å². The molecule has 1 saturated heterocycles. The van der Waals surface area contributed by atoms with Crippen molar-refractivity contribution in [2.75, 3.05) is 0 Å². The van der Waals surface area contributed by atoms with Crippen molar-refractivity contribution in [1.29, 1.82) is 0 Å². The van der Waals surface area contributed by atoms with Crippen LogP contribution in [0.3, 0.4) is 0 Å². The van der Waals surface area contributed by atoms with Gasteiger partial charge in [-0.1, -0.05) is 140 Å². The zero-order chi connectivity index (χ0) is 33.5. The van der Waals surface area contributed by atoms with Crippen LogP contribution in [0.5, 0.6) is 0 Å². The average molecular weight is 654 g/mol. The highest BCUT2D eigenvalue weighted by Crippen LogP contribution is 2.42. The minimum atomic E-state index is -0.350. The third kappa shape index (κ3) is 22.2. The number of hydrogen-bond acceptors (Lipinski definition) is 3. The standard InChI is InChI=1S/C44H79NO2/c1-3-5-7-9-11-13-15-17-19-21-23-25-27-29-31-33-38-44(46-42-37-35-36-41(45)40-43(42)47-44)39-34-32-30-28-26-24-22-20-18-16-14-12-10-8-6-4-2/h11-14,17-20,41-43H,3-10,15-16,21-40,45H2,1-2H3/b13-11-,14-12-,19-17-,20-18-/t41?,42-,43+/m0/s1. The summed E-state index contributed by atoms with van der Waals surface area (Å²) in [4.78, 5) is 0. The van der Waals surface area contributed by atoms with E-state index in [4.69, 9.17) is 15.2 Å². The summed E-state index contributed by atoms with van der Waals surface area (Å²) in [5.41, 5.74) is 6.41. The Morgan fingerprint density at radius 3 is 1.36 bits per heavy atom. The van der Waals surface area contributed by atoms with Crippen LogP contribution in [0.4, 0.5) is 0 Å². The molecule has 0 aromatic rings. The molecule has 1 aliphatic heterocycles. The van der Waals surface area contributed by atoms with Gasteiger partial charge in [0, 0.05) is 18.9 Å². The maximum absolute atomic E-state index is 6.83. The number of ether oxygens (including phenoxy) is 2. The predicted molar refractivity (Wildman–Crippen MR) is 207 cm³/mol. The molecule has 0 spiro atoms. The quantitative estimate of drug-likeness (QED) is 0.0620. The second kappa shape index (κ2) is 29.7. The molecule has 1 saturated carbocycles. The van der Waals surface area contributed by atoms with E-state index < -0.39 is 0 Å². The SMILES string of the molecule is CCCCC/C=C\C/C=C\CCCCCCCCC1(CCCCCCCC/C=C\C/C=C\CCCCC)O[C@H]2CCCC(N)C[C@H]2O1. The zero-order valence-corrected chi connectivity index (χ0v) is 31.5. The van der Waals surface area contributed by atoms with E-state index in [9.17, 15) is 0 Å². The van der Waals surface area contributed by atoms with Gasteiger partial charge >= 0.3 is 0 Å². The van der Waals surface area contributed by atoms with Gasteiger partial charge in [0.05, 0.1) is 12.2 Å². The average Bonchev–Trinajstić information content (AvgIpc) is 3.30. The zero-order valence-electron chi connectivity index (χ0n) is 31.5. The summed E-state index contributed by atoms with van der Waals surface area (Å²) in [6.07, 6.45) is 56.7. The lowest BCUT2D eigenvalue weighted by molar-refractivity contribution is -0.188. The molecule has 0 amide bonds. The van der Waals surface area contributed by atoms with Gasteiger partial charge in [0.2, 0.25) is 0 Å². The van der Waals surface area contributed by atoms with Gasteiger partial charge in [-0.15, -0.1) is 0 Å². The Kier molecular flexibility index (Phi) is 26.6. The first-order chi connectivity index (χ1) is 23.2. The van der Waals surface area contributed by atoms with Gasteiger partial charge in [-0.25, -0.2) is 0 Å². The van der Waals surface area contributed by atoms with Gasteiger partial charge in [-0.3, -0.25) is 0 Å². The molecular formula is C44H79NO2. The fourth-order valence-electron chi connectivity index (χ4n) is 7.30. The maximum atomic E-state index is 6.83. The van der Waals surface area contributed by atoms with Crippen LogP contribution in [0.15, 0.2) is 48.6 Å². The summed E-state index contributed by atoms with van der Waals surface area (Å²) in [7, 11) is 0. The van der Waals surface area contributed by atoms with Crippen molar-refractivity contribution in [2.24, 2.45) is 5.73 Å². The third-order valence-corrected chi connectivity index (χ3v) is 10.3. The van der Waals surface area contributed by atoms with Crippen molar-refractivity contribution in [2.45, 2.75) is 231 Å². The van der Waals surface area contributed by atoms with Gasteiger partial charge in [-0.2, -0.15) is 0 Å². The molecule has 3 atom stereocenters. The fourth-order valence-corrected chi connectivity index (χ4v) is 7.30. The van der Waals surface area contributed by atoms with Gasteiger partial charge < -0.3 is 15.2 Å². The number of unbranched alkanes of at least 4 members (excludes halogenated alkanes) is 18. The summed E-state index contributed by atoms with van der Waals surface area (Å²) in [5, 5.41) is 0. The smallest absolute Gasteiger partial charge is 0.169 e. The second-order valence-corrected chi connectivity index (χ2v) is 14.8. The summed E-state index contributed by atoms with van der Waals surface area (Å²) >= 11 is 0. The Hall–Kier alpha value is -1.16. The molecule has 1 unspecified atom stereocenters. The summed E-state index contributed by atoms with van der Waals surface area (Å²) in [5.74, 6) is -0.350. The molecule has 2 N–H and O–H groups in total. The molecule has 2 rings (SSSR count). The van der Waals surface area contributed by atoms with E-state index in [1.54, 1.807) is 0 Å². The molecule has 0 radical (unpaired) electrons. The number of nitrogens with two attached hydrogens (primary N) is 1. The van der Waals surface area contributed by atoms with Crippen LogP contribution in [0, 0.1) is 0 Å². The largest absolute Gasteiger partial charge is 0.344 e. The Morgan fingerprint density at radius 2 is 0.894 bits per heavy atom. The van der Waals surface area contributed by atoms with Gasteiger partial charge in [0.15, 0.2) is 5.79 Å². The molecule has 47 heavy (non-hydrogen) atoms. The lowest BCUT2D eigenvalue weighted by atomic mass is 9.98. The Labute approximate surface area is 293 Å². The van der Waals surface area contributed by atoms with Gasteiger partial charge in [0.1, 0.15) is 0 Å². The summed E-state index contributed by atoms with van der Waals surface area (Å²) in [6.45, 7) is 4.54. The highest BCUT2D eigenvalue weighted by molar-refractivity contribution is 4.94. The molecule has 1 aliphatic carbocycles. The van der Waals surface area contributed by atoms with Crippen LogP contribution in [-0.4, -0.2) is 24.0 Å². The van der Waals surface area contributed by atoms with Gasteiger partial charge in [0.25, 0.3) is 0 Å². The second-order valence-electron chi connectivity index (χ2n) is 14.8. The summed E-state index contributed by atoms with van der Waals surface area (Å²) < 4.78 is 13.7. The molecule has 3 nitrogen and oxygen atoms in total. The van der Waals surface area contributed by atoms with E-state index in [0.29, 0.717) is 0 Å². The Bertz CT molecular complexity index is 766. The molecule has 2 aliphatic rings. The van der Waals surface area contributed by atoms with Crippen molar-refractivity contribution in [3.05, 3.63) is 48.6 Å². The highest BCUT2D eigenvalue weighted by atomic mass is 16.8. The predicted octanol–water partition coefficient (Wildman–Crippen LogP) is 13.8. The van der Waals surface area contributed by atoms with Crippen molar-refractivity contribution < 1.29 is 9.47 Å². The van der Waals surface area contributed by atoms with E-state index in [1.165, 1.54) is 148 Å². The minimum Gasteiger partial charge on any atom is -0.344 e. The van der Waals surface area contributed by atoms with Crippen molar-refractivity contribution in [3.8, 4) is 0 Å². The van der Waals surface area contributed by atoms with Crippen LogP contribution < -0.4 is 5.73 Å². The lowest BCUT2D eigenvalue weighted by Gasteiger charge is -2.29. The fraction of sp³-hybridized carbons (Fsp3) is 0.818. The van der Waals surface area contributed by atoms with E-state index in [1.807, 2.05) is 0 Å². The van der Waals surface area contributed by atoms with Crippen LogP contribution in [-0.2, 0) is 9.47 Å². The molecule has 272 valence electrons. The van der Waals surface area contributed by atoms with Crippen molar-refractivity contribution in [3.63, 3.8) is 0 Å². The number of hydrogen-bond donors (Lipinski definition) is 1. The molecule has 1 heterocycles. The number of fused-ring (bicyclic) bond motifs is 1. The van der Waals surface area contributed by atoms with E-state index in [2.05, 4.69) is 62.5 Å². The maximum Gasteiger partial charge on any atom is 0.169 e. The number of rotatable bonds is 30.